The second-order valence-corrected chi connectivity index (χ2v) is 7.35. The first-order valence-electron chi connectivity index (χ1n) is 9.66. The maximum Gasteiger partial charge on any atom is 0.253 e. The van der Waals surface area contributed by atoms with Crippen LogP contribution in [0, 0.1) is 11.6 Å². The van der Waals surface area contributed by atoms with E-state index in [2.05, 4.69) is 10.3 Å². The van der Waals surface area contributed by atoms with Gasteiger partial charge in [-0.25, -0.2) is 13.8 Å². The molecule has 1 aliphatic heterocycles. The molecule has 154 valence electrons. The summed E-state index contributed by atoms with van der Waals surface area (Å²) < 4.78 is 30.0. The summed E-state index contributed by atoms with van der Waals surface area (Å²) >= 11 is 0. The molecule has 5 nitrogen and oxygen atoms in total. The number of amides is 1. The van der Waals surface area contributed by atoms with Gasteiger partial charge in [-0.3, -0.25) is 4.79 Å². The first-order valence-corrected chi connectivity index (χ1v) is 9.66. The molecule has 2 heterocycles. The number of halogens is 2. The van der Waals surface area contributed by atoms with Crippen molar-refractivity contribution < 1.29 is 13.6 Å². The van der Waals surface area contributed by atoms with Crippen LogP contribution in [0.1, 0.15) is 29.4 Å². The van der Waals surface area contributed by atoms with Gasteiger partial charge in [0.1, 0.15) is 17.5 Å². The Hall–Kier alpha value is -3.48. The molecule has 30 heavy (non-hydrogen) atoms. The summed E-state index contributed by atoms with van der Waals surface area (Å²) in [5.74, 6) is -0.217. The van der Waals surface area contributed by atoms with Gasteiger partial charge in [0.2, 0.25) is 0 Å². The van der Waals surface area contributed by atoms with E-state index in [4.69, 9.17) is 0 Å². The molecule has 0 fully saturated rings. The lowest BCUT2D eigenvalue weighted by Gasteiger charge is -2.33. The number of nitrogens with zero attached hydrogens (tertiary/aromatic N) is 3. The minimum Gasteiger partial charge on any atom is -0.362 e. The van der Waals surface area contributed by atoms with E-state index in [-0.39, 0.29) is 24.1 Å². The Kier molecular flexibility index (Phi) is 5.35. The van der Waals surface area contributed by atoms with E-state index in [0.717, 1.165) is 11.5 Å². The first-order chi connectivity index (χ1) is 14.4. The van der Waals surface area contributed by atoms with Gasteiger partial charge in [-0.1, -0.05) is 24.3 Å². The third-order valence-corrected chi connectivity index (χ3v) is 5.40. The van der Waals surface area contributed by atoms with Crippen LogP contribution in [0.5, 0.6) is 0 Å². The number of fused-ring (bicyclic) bond motifs is 1. The molecular formula is C23H22F2N4O. The molecule has 7 heteroatoms. The van der Waals surface area contributed by atoms with Crippen molar-refractivity contribution in [3.05, 3.63) is 94.7 Å². The number of rotatable bonds is 5. The Morgan fingerprint density at radius 3 is 2.73 bits per heavy atom. The van der Waals surface area contributed by atoms with Crippen LogP contribution < -0.4 is 5.32 Å². The van der Waals surface area contributed by atoms with E-state index in [1.54, 1.807) is 30.5 Å². The zero-order valence-corrected chi connectivity index (χ0v) is 16.8. The Morgan fingerprint density at radius 1 is 1.20 bits per heavy atom. The topological polar surface area (TPSA) is 50.2 Å². The van der Waals surface area contributed by atoms with Gasteiger partial charge in [-0.2, -0.15) is 0 Å². The van der Waals surface area contributed by atoms with Crippen LogP contribution in [0.4, 0.5) is 8.78 Å². The molecule has 2 aromatic carbocycles. The van der Waals surface area contributed by atoms with Crippen LogP contribution in [0.15, 0.2) is 60.6 Å². The molecule has 1 aliphatic rings. The van der Waals surface area contributed by atoms with Gasteiger partial charge < -0.3 is 14.8 Å². The SMILES string of the molecule is CC1=C(C(=O)NCc2cccc(F)c2)c2cccc(F)c2CN1Cc1nccn1C. The van der Waals surface area contributed by atoms with E-state index in [9.17, 15) is 13.6 Å². The fourth-order valence-corrected chi connectivity index (χ4v) is 3.71. The highest BCUT2D eigenvalue weighted by Crippen LogP contribution is 2.34. The van der Waals surface area contributed by atoms with Crippen LogP contribution in [0.3, 0.4) is 0 Å². The van der Waals surface area contributed by atoms with Gasteiger partial charge in [-0.15, -0.1) is 0 Å². The molecule has 1 aromatic heterocycles. The zero-order valence-electron chi connectivity index (χ0n) is 16.8. The van der Waals surface area contributed by atoms with E-state index < -0.39 is 0 Å². The van der Waals surface area contributed by atoms with Crippen molar-refractivity contribution in [2.45, 2.75) is 26.6 Å². The lowest BCUT2D eigenvalue weighted by atomic mass is 9.92. The monoisotopic (exact) mass is 408 g/mol. The van der Waals surface area contributed by atoms with Gasteiger partial charge in [0.05, 0.1) is 12.1 Å². The Morgan fingerprint density at radius 2 is 2.00 bits per heavy atom. The average molecular weight is 408 g/mol. The Labute approximate surface area is 173 Å². The van der Waals surface area contributed by atoms with E-state index >= 15 is 0 Å². The number of hydrogen-bond donors (Lipinski definition) is 1. The fourth-order valence-electron chi connectivity index (χ4n) is 3.71. The number of carbonyl (C=O) groups excluding carboxylic acids is 1. The maximum atomic E-state index is 14.6. The van der Waals surface area contributed by atoms with Crippen molar-refractivity contribution in [2.24, 2.45) is 7.05 Å². The molecule has 0 saturated carbocycles. The molecule has 1 amide bonds. The largest absolute Gasteiger partial charge is 0.362 e. The van der Waals surface area contributed by atoms with E-state index in [0.29, 0.717) is 35.4 Å². The normalized spacial score (nSPS) is 13.4. The van der Waals surface area contributed by atoms with E-state index in [1.807, 2.05) is 29.6 Å². The van der Waals surface area contributed by atoms with Crippen LogP contribution in [-0.2, 0) is 31.5 Å². The van der Waals surface area contributed by atoms with Gasteiger partial charge in [0.15, 0.2) is 0 Å². The van der Waals surface area contributed by atoms with Crippen LogP contribution >= 0.6 is 0 Å². The molecule has 0 saturated heterocycles. The molecule has 0 spiro atoms. The van der Waals surface area contributed by atoms with Crippen molar-refractivity contribution in [3.8, 4) is 0 Å². The summed E-state index contributed by atoms with van der Waals surface area (Å²) in [6.45, 7) is 2.83. The first kappa shape index (κ1) is 19.8. The van der Waals surface area contributed by atoms with Gasteiger partial charge in [-0.05, 0) is 36.2 Å². The number of benzene rings is 2. The highest BCUT2D eigenvalue weighted by atomic mass is 19.1. The average Bonchev–Trinajstić information content (AvgIpc) is 3.12. The summed E-state index contributed by atoms with van der Waals surface area (Å²) in [6.07, 6.45) is 3.55. The maximum absolute atomic E-state index is 14.6. The Balaban J connectivity index is 1.66. The number of allylic oxidation sites excluding steroid dienone is 1. The number of carbonyl (C=O) groups is 1. The molecule has 3 aromatic rings. The smallest absolute Gasteiger partial charge is 0.253 e. The zero-order chi connectivity index (χ0) is 21.3. The predicted octanol–water partition coefficient (Wildman–Crippen LogP) is 3.76. The van der Waals surface area contributed by atoms with Crippen molar-refractivity contribution in [1.82, 2.24) is 19.8 Å². The lowest BCUT2D eigenvalue weighted by molar-refractivity contribution is -0.115. The van der Waals surface area contributed by atoms with Crippen molar-refractivity contribution >= 4 is 11.5 Å². The van der Waals surface area contributed by atoms with Gasteiger partial charge in [0, 0.05) is 43.8 Å². The molecule has 0 bridgehead atoms. The fraction of sp³-hybridized carbons (Fsp3) is 0.217. The molecule has 0 aliphatic carbocycles. The van der Waals surface area contributed by atoms with E-state index in [1.165, 1.54) is 18.2 Å². The summed E-state index contributed by atoms with van der Waals surface area (Å²) in [4.78, 5) is 19.4. The van der Waals surface area contributed by atoms with Crippen LogP contribution in [0.25, 0.3) is 5.57 Å². The predicted molar refractivity (Wildman–Crippen MR) is 110 cm³/mol. The van der Waals surface area contributed by atoms with Crippen molar-refractivity contribution in [1.29, 1.82) is 0 Å². The number of nitrogens with one attached hydrogen (secondary N) is 1. The molecule has 0 radical (unpaired) electrons. The molecule has 0 atom stereocenters. The van der Waals surface area contributed by atoms with Crippen molar-refractivity contribution in [3.63, 3.8) is 0 Å². The summed E-state index contributed by atoms with van der Waals surface area (Å²) in [6, 6.07) is 10.8. The number of hydrogen-bond acceptors (Lipinski definition) is 3. The van der Waals surface area contributed by atoms with Crippen molar-refractivity contribution in [2.75, 3.05) is 0 Å². The highest BCUT2D eigenvalue weighted by molar-refractivity contribution is 6.21. The lowest BCUT2D eigenvalue weighted by Crippen LogP contribution is -2.33. The second-order valence-electron chi connectivity index (χ2n) is 7.35. The standard InChI is InChI=1S/C23H22F2N4O/c1-15-22(23(30)27-12-16-5-3-6-17(24)11-16)18-7-4-8-20(25)19(18)13-29(15)14-21-26-9-10-28(21)2/h3-11H,12-14H2,1-2H3,(H,27,30). The summed E-state index contributed by atoms with van der Waals surface area (Å²) in [5, 5.41) is 2.84. The molecule has 0 unspecified atom stereocenters. The Bertz CT molecular complexity index is 1140. The van der Waals surface area contributed by atoms with Gasteiger partial charge in [0.25, 0.3) is 5.91 Å². The summed E-state index contributed by atoms with van der Waals surface area (Å²) in [5.41, 5.74) is 2.88. The minimum absolute atomic E-state index is 0.178. The third-order valence-electron chi connectivity index (χ3n) is 5.40. The number of imidazole rings is 1. The molecule has 1 N–H and O–H groups in total. The number of aromatic nitrogens is 2. The molecular weight excluding hydrogens is 386 g/mol. The third kappa shape index (κ3) is 3.83. The van der Waals surface area contributed by atoms with Gasteiger partial charge >= 0.3 is 0 Å². The quantitative estimate of drug-likeness (QED) is 0.699. The summed E-state index contributed by atoms with van der Waals surface area (Å²) in [7, 11) is 1.90. The van der Waals surface area contributed by atoms with Crippen LogP contribution in [0.2, 0.25) is 0 Å². The number of aryl methyl sites for hydroxylation is 1. The second kappa shape index (κ2) is 8.10. The minimum atomic E-state index is -0.358. The highest BCUT2D eigenvalue weighted by Gasteiger charge is 2.29. The molecule has 4 rings (SSSR count). The van der Waals surface area contributed by atoms with Crippen LogP contribution in [-0.4, -0.2) is 20.4 Å².